The summed E-state index contributed by atoms with van der Waals surface area (Å²) in [4.78, 5) is 16.9. The number of nitrogens with zero attached hydrogens (tertiary/aromatic N) is 2. The third-order valence-electron chi connectivity index (χ3n) is 5.04. The van der Waals surface area contributed by atoms with E-state index in [9.17, 15) is 18.0 Å². The Morgan fingerprint density at radius 2 is 1.79 bits per heavy atom. The molecule has 8 heteroatoms. The molecule has 0 aromatic heterocycles. The maximum atomic E-state index is 12.6. The van der Waals surface area contributed by atoms with Gasteiger partial charge in [0.25, 0.3) is 0 Å². The second-order valence-electron chi connectivity index (χ2n) is 8.28. The number of alkyl halides is 3. The first-order valence-corrected chi connectivity index (χ1v) is 9.89. The number of aryl methyl sites for hydroxylation is 1. The Labute approximate surface area is 170 Å². The zero-order valence-electron chi connectivity index (χ0n) is 17.6. The lowest BCUT2D eigenvalue weighted by molar-refractivity contribution is -0.153. The van der Waals surface area contributed by atoms with Gasteiger partial charge in [0, 0.05) is 38.1 Å². The van der Waals surface area contributed by atoms with Crippen molar-refractivity contribution in [1.29, 1.82) is 0 Å². The average Bonchev–Trinajstić information content (AvgIpc) is 2.90. The summed E-state index contributed by atoms with van der Waals surface area (Å²) < 4.78 is 47.0. The van der Waals surface area contributed by atoms with E-state index in [1.165, 1.54) is 13.2 Å². The van der Waals surface area contributed by atoms with Crippen LogP contribution in [0, 0.1) is 0 Å². The van der Waals surface area contributed by atoms with Crippen molar-refractivity contribution >= 4 is 5.91 Å². The SMILES string of the molecule is COc1cc(CCC(=O)N2CCCN(C(C)(C)C)CC2)ccc1OCC(F)(F)F. The van der Waals surface area contributed by atoms with Crippen LogP contribution in [0.4, 0.5) is 13.2 Å². The fraction of sp³-hybridized carbons (Fsp3) is 0.667. The standard InChI is InChI=1S/C21H31F3N2O3/c1-20(2,3)26-11-5-10-25(12-13-26)19(27)9-7-16-6-8-17(18(14-16)28-4)29-15-21(22,23)24/h6,8,14H,5,7,9-13,15H2,1-4H3. The fourth-order valence-electron chi connectivity index (χ4n) is 3.39. The maximum absolute atomic E-state index is 12.6. The highest BCUT2D eigenvalue weighted by Crippen LogP contribution is 2.30. The van der Waals surface area contributed by atoms with Gasteiger partial charge in [0.1, 0.15) is 0 Å². The van der Waals surface area contributed by atoms with Gasteiger partial charge in [-0.1, -0.05) is 6.07 Å². The third-order valence-corrected chi connectivity index (χ3v) is 5.04. The summed E-state index contributed by atoms with van der Waals surface area (Å²) in [7, 11) is 1.38. The quantitative estimate of drug-likeness (QED) is 0.705. The number of rotatable bonds is 6. The number of benzene rings is 1. The Morgan fingerprint density at radius 1 is 1.07 bits per heavy atom. The van der Waals surface area contributed by atoms with Crippen molar-refractivity contribution in [1.82, 2.24) is 9.80 Å². The van der Waals surface area contributed by atoms with E-state index in [2.05, 4.69) is 25.7 Å². The molecule has 1 aliphatic rings. The number of carbonyl (C=O) groups is 1. The molecule has 0 atom stereocenters. The predicted octanol–water partition coefficient (Wildman–Crippen LogP) is 3.90. The molecule has 1 aromatic rings. The molecular formula is C21H31F3N2O3. The number of ether oxygens (including phenoxy) is 2. The van der Waals surface area contributed by atoms with Crippen LogP contribution in [0.25, 0.3) is 0 Å². The van der Waals surface area contributed by atoms with Gasteiger partial charge in [-0.05, 0) is 51.3 Å². The van der Waals surface area contributed by atoms with Gasteiger partial charge in [-0.2, -0.15) is 13.2 Å². The van der Waals surface area contributed by atoms with Crippen molar-refractivity contribution in [3.8, 4) is 11.5 Å². The van der Waals surface area contributed by atoms with Crippen LogP contribution in [-0.4, -0.2) is 67.3 Å². The van der Waals surface area contributed by atoms with Gasteiger partial charge in [0.2, 0.25) is 5.91 Å². The minimum absolute atomic E-state index is 0.0368. The van der Waals surface area contributed by atoms with E-state index in [4.69, 9.17) is 9.47 Å². The fourth-order valence-corrected chi connectivity index (χ4v) is 3.39. The number of halogens is 3. The largest absolute Gasteiger partial charge is 0.493 e. The monoisotopic (exact) mass is 416 g/mol. The molecule has 1 amide bonds. The van der Waals surface area contributed by atoms with Crippen molar-refractivity contribution in [3.63, 3.8) is 0 Å². The minimum atomic E-state index is -4.41. The number of carbonyl (C=O) groups excluding carboxylic acids is 1. The molecule has 1 saturated heterocycles. The van der Waals surface area contributed by atoms with Gasteiger partial charge >= 0.3 is 6.18 Å². The van der Waals surface area contributed by atoms with Gasteiger partial charge in [-0.3, -0.25) is 9.69 Å². The highest BCUT2D eigenvalue weighted by molar-refractivity contribution is 5.76. The first-order valence-electron chi connectivity index (χ1n) is 9.89. The lowest BCUT2D eigenvalue weighted by atomic mass is 10.1. The van der Waals surface area contributed by atoms with Crippen LogP contribution in [0.5, 0.6) is 11.5 Å². The van der Waals surface area contributed by atoms with Gasteiger partial charge < -0.3 is 14.4 Å². The van der Waals surface area contributed by atoms with Crippen molar-refractivity contribution in [2.75, 3.05) is 39.9 Å². The van der Waals surface area contributed by atoms with Crippen molar-refractivity contribution in [2.24, 2.45) is 0 Å². The third kappa shape index (κ3) is 7.42. The molecule has 0 bridgehead atoms. The minimum Gasteiger partial charge on any atom is -0.493 e. The van der Waals surface area contributed by atoms with Crippen LogP contribution < -0.4 is 9.47 Å². The van der Waals surface area contributed by atoms with E-state index in [1.54, 1.807) is 12.1 Å². The highest BCUT2D eigenvalue weighted by Gasteiger charge is 2.29. The molecule has 0 aliphatic carbocycles. The number of amides is 1. The molecule has 1 aromatic carbocycles. The normalized spacial score (nSPS) is 16.4. The molecule has 0 saturated carbocycles. The molecule has 1 fully saturated rings. The Morgan fingerprint density at radius 3 is 2.41 bits per heavy atom. The van der Waals surface area contributed by atoms with Crippen LogP contribution in [0.3, 0.4) is 0 Å². The predicted molar refractivity (Wildman–Crippen MR) is 105 cm³/mol. The highest BCUT2D eigenvalue weighted by atomic mass is 19.4. The number of methoxy groups -OCH3 is 1. The molecule has 1 heterocycles. The molecule has 1 aliphatic heterocycles. The Hall–Kier alpha value is -1.96. The molecule has 0 N–H and O–H groups in total. The van der Waals surface area contributed by atoms with E-state index >= 15 is 0 Å². The zero-order chi connectivity index (χ0) is 21.7. The molecule has 5 nitrogen and oxygen atoms in total. The van der Waals surface area contributed by atoms with E-state index in [1.807, 2.05) is 4.90 Å². The summed E-state index contributed by atoms with van der Waals surface area (Å²) in [5.41, 5.74) is 0.909. The molecule has 29 heavy (non-hydrogen) atoms. The Kier molecular flexibility index (Phi) is 7.80. The van der Waals surface area contributed by atoms with Crippen LogP contribution in [0.15, 0.2) is 18.2 Å². The van der Waals surface area contributed by atoms with Gasteiger partial charge in [0.05, 0.1) is 7.11 Å². The lowest BCUT2D eigenvalue weighted by Gasteiger charge is -2.34. The Balaban J connectivity index is 1.91. The van der Waals surface area contributed by atoms with Crippen LogP contribution in [0.1, 0.15) is 39.2 Å². The van der Waals surface area contributed by atoms with Crippen molar-refractivity contribution in [3.05, 3.63) is 23.8 Å². The topological polar surface area (TPSA) is 42.0 Å². The first-order chi connectivity index (χ1) is 13.5. The van der Waals surface area contributed by atoms with E-state index in [0.29, 0.717) is 19.4 Å². The molecular weight excluding hydrogens is 385 g/mol. The Bertz CT molecular complexity index is 687. The second kappa shape index (κ2) is 9.69. The summed E-state index contributed by atoms with van der Waals surface area (Å²) >= 11 is 0. The first kappa shape index (κ1) is 23.3. The lowest BCUT2D eigenvalue weighted by Crippen LogP contribution is -2.44. The van der Waals surface area contributed by atoms with Crippen molar-refractivity contribution < 1.29 is 27.4 Å². The molecule has 0 radical (unpaired) electrons. The maximum Gasteiger partial charge on any atom is 0.422 e. The van der Waals surface area contributed by atoms with Gasteiger partial charge in [0.15, 0.2) is 18.1 Å². The number of hydrogen-bond donors (Lipinski definition) is 0. The zero-order valence-corrected chi connectivity index (χ0v) is 17.6. The number of hydrogen-bond acceptors (Lipinski definition) is 4. The molecule has 164 valence electrons. The smallest absolute Gasteiger partial charge is 0.422 e. The van der Waals surface area contributed by atoms with Crippen LogP contribution >= 0.6 is 0 Å². The summed E-state index contributed by atoms with van der Waals surface area (Å²) in [5.74, 6) is 0.363. The van der Waals surface area contributed by atoms with E-state index in [0.717, 1.165) is 31.6 Å². The summed E-state index contributed by atoms with van der Waals surface area (Å²) in [6.07, 6.45) is -2.62. The van der Waals surface area contributed by atoms with Crippen LogP contribution in [0.2, 0.25) is 0 Å². The van der Waals surface area contributed by atoms with Crippen LogP contribution in [-0.2, 0) is 11.2 Å². The van der Waals surface area contributed by atoms with E-state index < -0.39 is 12.8 Å². The second-order valence-corrected chi connectivity index (χ2v) is 8.28. The summed E-state index contributed by atoms with van der Waals surface area (Å²) in [5, 5.41) is 0. The van der Waals surface area contributed by atoms with Gasteiger partial charge in [-0.25, -0.2) is 0 Å². The molecule has 0 spiro atoms. The van der Waals surface area contributed by atoms with E-state index in [-0.39, 0.29) is 22.9 Å². The molecule has 2 rings (SSSR count). The van der Waals surface area contributed by atoms with Crippen molar-refractivity contribution in [2.45, 2.75) is 51.7 Å². The summed E-state index contributed by atoms with van der Waals surface area (Å²) in [6, 6.07) is 4.76. The molecule has 0 unspecified atom stereocenters. The average molecular weight is 416 g/mol. The summed E-state index contributed by atoms with van der Waals surface area (Å²) in [6.45, 7) is 8.46. The van der Waals surface area contributed by atoms with Gasteiger partial charge in [-0.15, -0.1) is 0 Å².